The normalized spacial score (nSPS) is 17.1. The molecule has 3 heterocycles. The van der Waals surface area contributed by atoms with Crippen LogP contribution in [0.15, 0.2) is 34.2 Å². The van der Waals surface area contributed by atoms with Crippen molar-refractivity contribution in [2.45, 2.75) is 19.2 Å². The molecule has 26 heavy (non-hydrogen) atoms. The second-order valence-electron chi connectivity index (χ2n) is 6.04. The van der Waals surface area contributed by atoms with Crippen LogP contribution in [0.25, 0.3) is 10.7 Å². The molecule has 1 aliphatic rings. The van der Waals surface area contributed by atoms with Gasteiger partial charge in [0.25, 0.3) is 0 Å². The summed E-state index contributed by atoms with van der Waals surface area (Å²) in [6.07, 6.45) is -0.677. The van der Waals surface area contributed by atoms with E-state index in [2.05, 4.69) is 15.0 Å². The highest BCUT2D eigenvalue weighted by molar-refractivity contribution is 7.13. The summed E-state index contributed by atoms with van der Waals surface area (Å²) in [6.45, 7) is 1.51. The molecule has 1 aromatic carbocycles. The first-order chi connectivity index (χ1) is 12.7. The van der Waals surface area contributed by atoms with E-state index < -0.39 is 6.10 Å². The second-order valence-corrected chi connectivity index (χ2v) is 6.98. The van der Waals surface area contributed by atoms with Crippen molar-refractivity contribution in [2.24, 2.45) is 0 Å². The highest BCUT2D eigenvalue weighted by Gasteiger charge is 2.30. The molecule has 136 valence electrons. The number of benzene rings is 1. The van der Waals surface area contributed by atoms with Gasteiger partial charge in [-0.3, -0.25) is 4.90 Å². The number of nitrogens with zero attached hydrogens (tertiary/aromatic N) is 3. The van der Waals surface area contributed by atoms with Crippen LogP contribution in [-0.4, -0.2) is 40.9 Å². The third-order valence-corrected chi connectivity index (χ3v) is 5.29. The number of ether oxygens (including phenoxy) is 2. The van der Waals surface area contributed by atoms with Crippen LogP contribution >= 0.6 is 11.3 Å². The van der Waals surface area contributed by atoms with Gasteiger partial charge in [0.1, 0.15) is 11.5 Å². The molecule has 2 aromatic heterocycles. The third-order valence-electron chi connectivity index (χ3n) is 4.43. The molecule has 0 aliphatic carbocycles. The van der Waals surface area contributed by atoms with Crippen LogP contribution in [0.5, 0.6) is 11.5 Å². The van der Waals surface area contributed by atoms with Crippen molar-refractivity contribution in [2.75, 3.05) is 20.8 Å². The van der Waals surface area contributed by atoms with Crippen molar-refractivity contribution in [1.82, 2.24) is 15.0 Å². The summed E-state index contributed by atoms with van der Waals surface area (Å²) < 4.78 is 16.3. The SMILES string of the molecule is COc1ccc(OC)c2c1CN(Cc1nc(-c3cccs3)no1)C[C@H]2O. The number of β-amino-alcohol motifs (C(OH)–C–C–N with tert-alkyl or cyclic N) is 1. The molecule has 1 atom stereocenters. The summed E-state index contributed by atoms with van der Waals surface area (Å²) in [4.78, 5) is 7.48. The second kappa shape index (κ2) is 7.06. The number of hydrogen-bond acceptors (Lipinski definition) is 8. The minimum absolute atomic E-state index is 0.452. The molecular formula is C18H19N3O4S. The Morgan fingerprint density at radius 2 is 2.08 bits per heavy atom. The lowest BCUT2D eigenvalue weighted by molar-refractivity contribution is 0.0779. The average Bonchev–Trinajstić information content (AvgIpc) is 3.32. The van der Waals surface area contributed by atoms with Crippen molar-refractivity contribution in [3.8, 4) is 22.2 Å². The van der Waals surface area contributed by atoms with E-state index in [9.17, 15) is 5.11 Å². The summed E-state index contributed by atoms with van der Waals surface area (Å²) in [7, 11) is 3.23. The van der Waals surface area contributed by atoms with Crippen molar-refractivity contribution in [3.05, 3.63) is 46.7 Å². The molecule has 0 spiro atoms. The van der Waals surface area contributed by atoms with Gasteiger partial charge in [-0.2, -0.15) is 4.98 Å². The molecule has 0 radical (unpaired) electrons. The maximum absolute atomic E-state index is 10.7. The Labute approximate surface area is 154 Å². The van der Waals surface area contributed by atoms with Crippen molar-refractivity contribution in [3.63, 3.8) is 0 Å². The number of hydrogen-bond donors (Lipinski definition) is 1. The molecule has 0 unspecified atom stereocenters. The minimum Gasteiger partial charge on any atom is -0.496 e. The van der Waals surface area contributed by atoms with Gasteiger partial charge in [-0.1, -0.05) is 11.2 Å². The first-order valence-electron chi connectivity index (χ1n) is 8.20. The Morgan fingerprint density at radius 3 is 2.81 bits per heavy atom. The quantitative estimate of drug-likeness (QED) is 0.736. The average molecular weight is 373 g/mol. The van der Waals surface area contributed by atoms with Crippen LogP contribution < -0.4 is 9.47 Å². The lowest BCUT2D eigenvalue weighted by Gasteiger charge is -2.33. The predicted octanol–water partition coefficient (Wildman–Crippen LogP) is 2.86. The molecule has 0 bridgehead atoms. The largest absolute Gasteiger partial charge is 0.496 e. The van der Waals surface area contributed by atoms with Gasteiger partial charge < -0.3 is 19.1 Å². The zero-order valence-electron chi connectivity index (χ0n) is 14.5. The van der Waals surface area contributed by atoms with Crippen molar-refractivity contribution in [1.29, 1.82) is 0 Å². The van der Waals surface area contributed by atoms with Crippen LogP contribution in [-0.2, 0) is 13.1 Å². The van der Waals surface area contributed by atoms with E-state index in [0.29, 0.717) is 37.1 Å². The predicted molar refractivity (Wildman–Crippen MR) is 96.2 cm³/mol. The van der Waals surface area contributed by atoms with Gasteiger partial charge in [0.05, 0.1) is 31.7 Å². The molecule has 0 saturated carbocycles. The lowest BCUT2D eigenvalue weighted by Crippen LogP contribution is -2.33. The van der Waals surface area contributed by atoms with Gasteiger partial charge in [0.15, 0.2) is 0 Å². The van der Waals surface area contributed by atoms with Gasteiger partial charge >= 0.3 is 0 Å². The molecule has 1 aliphatic heterocycles. The topological polar surface area (TPSA) is 80.9 Å². The molecule has 0 saturated heterocycles. The monoisotopic (exact) mass is 373 g/mol. The number of aliphatic hydroxyl groups is 1. The van der Waals surface area contributed by atoms with Gasteiger partial charge in [-0.25, -0.2) is 0 Å². The van der Waals surface area contributed by atoms with Crippen molar-refractivity contribution < 1.29 is 19.1 Å². The zero-order valence-corrected chi connectivity index (χ0v) is 15.3. The standard InChI is InChI=1S/C18H19N3O4S/c1-23-13-5-6-14(24-2)17-11(13)8-21(9-12(17)22)10-16-19-18(20-25-16)15-4-3-7-26-15/h3-7,12,22H,8-10H2,1-2H3/t12-/m1/s1. The van der Waals surface area contributed by atoms with E-state index in [-0.39, 0.29) is 0 Å². The highest BCUT2D eigenvalue weighted by atomic mass is 32.1. The van der Waals surface area contributed by atoms with E-state index in [1.807, 2.05) is 29.6 Å². The number of aromatic nitrogens is 2. The van der Waals surface area contributed by atoms with E-state index in [4.69, 9.17) is 14.0 Å². The summed E-state index contributed by atoms with van der Waals surface area (Å²) in [5.41, 5.74) is 1.71. The number of thiophene rings is 1. The van der Waals surface area contributed by atoms with E-state index >= 15 is 0 Å². The first kappa shape index (κ1) is 17.0. The Bertz CT molecular complexity index is 894. The maximum atomic E-state index is 10.7. The highest BCUT2D eigenvalue weighted by Crippen LogP contribution is 2.39. The maximum Gasteiger partial charge on any atom is 0.241 e. The summed E-state index contributed by atoms with van der Waals surface area (Å²) in [5, 5.41) is 16.7. The van der Waals surface area contributed by atoms with Crippen LogP contribution in [0, 0.1) is 0 Å². The van der Waals surface area contributed by atoms with E-state index in [1.165, 1.54) is 0 Å². The number of methoxy groups -OCH3 is 2. The van der Waals surface area contributed by atoms with E-state index in [1.54, 1.807) is 25.6 Å². The Hall–Kier alpha value is -2.42. The van der Waals surface area contributed by atoms with Gasteiger partial charge in [-0.05, 0) is 23.6 Å². The smallest absolute Gasteiger partial charge is 0.241 e. The van der Waals surface area contributed by atoms with Gasteiger partial charge in [0.2, 0.25) is 11.7 Å². The van der Waals surface area contributed by atoms with Gasteiger partial charge in [-0.15, -0.1) is 11.3 Å². The lowest BCUT2D eigenvalue weighted by atomic mass is 9.95. The summed E-state index contributed by atoms with van der Waals surface area (Å²) >= 11 is 1.57. The molecule has 3 aromatic rings. The fraction of sp³-hybridized carbons (Fsp3) is 0.333. The summed E-state index contributed by atoms with van der Waals surface area (Å²) in [6, 6.07) is 7.59. The summed E-state index contributed by atoms with van der Waals surface area (Å²) in [5.74, 6) is 2.51. The van der Waals surface area contributed by atoms with Gasteiger partial charge in [0, 0.05) is 24.2 Å². The Balaban J connectivity index is 1.57. The minimum atomic E-state index is -0.677. The Morgan fingerprint density at radius 1 is 1.27 bits per heavy atom. The molecule has 7 nitrogen and oxygen atoms in total. The molecule has 1 N–H and O–H groups in total. The third kappa shape index (κ3) is 3.07. The number of rotatable bonds is 5. The Kier molecular flexibility index (Phi) is 4.62. The fourth-order valence-electron chi connectivity index (χ4n) is 3.28. The van der Waals surface area contributed by atoms with Crippen molar-refractivity contribution >= 4 is 11.3 Å². The van der Waals surface area contributed by atoms with Crippen LogP contribution in [0.4, 0.5) is 0 Å². The first-order valence-corrected chi connectivity index (χ1v) is 9.08. The van der Waals surface area contributed by atoms with Crippen LogP contribution in [0.2, 0.25) is 0 Å². The molecule has 0 fully saturated rings. The van der Waals surface area contributed by atoms with Crippen LogP contribution in [0.1, 0.15) is 23.1 Å². The number of aliphatic hydroxyl groups excluding tert-OH is 1. The number of fused-ring (bicyclic) bond motifs is 1. The fourth-order valence-corrected chi connectivity index (χ4v) is 3.93. The van der Waals surface area contributed by atoms with E-state index in [0.717, 1.165) is 21.8 Å². The zero-order chi connectivity index (χ0) is 18.1. The molecule has 4 rings (SSSR count). The molecular weight excluding hydrogens is 354 g/mol. The molecule has 8 heteroatoms. The molecule has 0 amide bonds. The van der Waals surface area contributed by atoms with Crippen LogP contribution in [0.3, 0.4) is 0 Å².